The van der Waals surface area contributed by atoms with Crippen molar-refractivity contribution in [2.24, 2.45) is 0 Å². The van der Waals surface area contributed by atoms with Crippen molar-refractivity contribution < 1.29 is 4.42 Å². The Kier molecular flexibility index (Phi) is 2.92. The van der Waals surface area contributed by atoms with E-state index in [1.807, 2.05) is 24.3 Å². The summed E-state index contributed by atoms with van der Waals surface area (Å²) in [7, 11) is 0. The van der Waals surface area contributed by atoms with Crippen molar-refractivity contribution in [3.63, 3.8) is 0 Å². The minimum atomic E-state index is 0.0989. The molecule has 3 heterocycles. The molecule has 114 valence electrons. The predicted octanol–water partition coefficient (Wildman–Crippen LogP) is 3.12. The van der Waals surface area contributed by atoms with Gasteiger partial charge in [-0.05, 0) is 19.1 Å². The summed E-state index contributed by atoms with van der Waals surface area (Å²) in [5.41, 5.74) is 1.71. The fraction of sp³-hybridized carbons (Fsp3) is 0.438. The van der Waals surface area contributed by atoms with Gasteiger partial charge in [0.25, 0.3) is 6.01 Å². The van der Waals surface area contributed by atoms with E-state index in [0.717, 1.165) is 35.8 Å². The van der Waals surface area contributed by atoms with Crippen LogP contribution < -0.4 is 4.90 Å². The zero-order valence-electron chi connectivity index (χ0n) is 13.0. The van der Waals surface area contributed by atoms with Crippen molar-refractivity contribution in [1.82, 2.24) is 19.7 Å². The van der Waals surface area contributed by atoms with Crippen LogP contribution in [0.15, 0.2) is 28.7 Å². The molecular formula is C16H19N5O. The number of rotatable bonds is 2. The van der Waals surface area contributed by atoms with Gasteiger partial charge in [0, 0.05) is 19.0 Å². The molecule has 1 aromatic carbocycles. The topological polar surface area (TPSA) is 60.0 Å². The van der Waals surface area contributed by atoms with Crippen LogP contribution in [0.25, 0.3) is 11.1 Å². The van der Waals surface area contributed by atoms with Crippen LogP contribution in [0.4, 0.5) is 6.01 Å². The highest BCUT2D eigenvalue weighted by Gasteiger charge is 2.31. The summed E-state index contributed by atoms with van der Waals surface area (Å²) < 4.78 is 8.14. The molecule has 0 amide bonds. The summed E-state index contributed by atoms with van der Waals surface area (Å²) in [4.78, 5) is 6.76. The van der Waals surface area contributed by atoms with Crippen LogP contribution in [-0.4, -0.2) is 26.3 Å². The second kappa shape index (κ2) is 4.83. The number of anilines is 1. The van der Waals surface area contributed by atoms with Crippen LogP contribution in [0.2, 0.25) is 0 Å². The molecule has 4 rings (SSSR count). The molecule has 1 unspecified atom stereocenters. The van der Waals surface area contributed by atoms with Crippen LogP contribution in [0.1, 0.15) is 44.4 Å². The third kappa shape index (κ3) is 1.90. The molecule has 1 aliphatic rings. The summed E-state index contributed by atoms with van der Waals surface area (Å²) >= 11 is 0. The van der Waals surface area contributed by atoms with Gasteiger partial charge in [-0.3, -0.25) is 0 Å². The molecule has 0 bridgehead atoms. The zero-order valence-corrected chi connectivity index (χ0v) is 13.0. The van der Waals surface area contributed by atoms with Gasteiger partial charge >= 0.3 is 0 Å². The van der Waals surface area contributed by atoms with Crippen molar-refractivity contribution in [2.45, 2.75) is 39.3 Å². The van der Waals surface area contributed by atoms with Crippen LogP contribution in [0, 0.1) is 0 Å². The van der Waals surface area contributed by atoms with Gasteiger partial charge in [0.2, 0.25) is 0 Å². The van der Waals surface area contributed by atoms with Crippen molar-refractivity contribution in [3.05, 3.63) is 35.9 Å². The Balaban J connectivity index is 1.72. The quantitative estimate of drug-likeness (QED) is 0.727. The number of oxazole rings is 1. The molecule has 0 saturated heterocycles. The summed E-state index contributed by atoms with van der Waals surface area (Å²) in [6.07, 6.45) is 0. The van der Waals surface area contributed by atoms with Crippen molar-refractivity contribution in [3.8, 4) is 0 Å². The number of aromatic nitrogens is 4. The molecule has 2 aromatic heterocycles. The van der Waals surface area contributed by atoms with Crippen molar-refractivity contribution >= 4 is 17.1 Å². The van der Waals surface area contributed by atoms with Crippen LogP contribution >= 0.6 is 0 Å². The molecule has 0 N–H and O–H groups in total. The molecule has 22 heavy (non-hydrogen) atoms. The number of nitrogens with zero attached hydrogens (tertiary/aromatic N) is 5. The van der Waals surface area contributed by atoms with Crippen molar-refractivity contribution in [2.75, 3.05) is 11.4 Å². The molecule has 0 spiro atoms. The van der Waals surface area contributed by atoms with Gasteiger partial charge in [0.15, 0.2) is 11.4 Å². The summed E-state index contributed by atoms with van der Waals surface area (Å²) in [6.45, 7) is 8.13. The summed E-state index contributed by atoms with van der Waals surface area (Å²) in [5, 5.41) is 8.74. The first kappa shape index (κ1) is 13.3. The predicted molar refractivity (Wildman–Crippen MR) is 83.9 cm³/mol. The lowest BCUT2D eigenvalue weighted by Crippen LogP contribution is -2.37. The van der Waals surface area contributed by atoms with E-state index < -0.39 is 0 Å². The Morgan fingerprint density at radius 3 is 2.77 bits per heavy atom. The lowest BCUT2D eigenvalue weighted by Gasteiger charge is -2.32. The Labute approximate surface area is 128 Å². The Morgan fingerprint density at radius 1 is 1.18 bits per heavy atom. The lowest BCUT2D eigenvalue weighted by atomic mass is 10.1. The van der Waals surface area contributed by atoms with E-state index in [2.05, 4.69) is 45.4 Å². The molecule has 6 heteroatoms. The maximum Gasteiger partial charge on any atom is 0.299 e. The Hall–Kier alpha value is -2.37. The zero-order chi connectivity index (χ0) is 15.3. The van der Waals surface area contributed by atoms with Crippen LogP contribution in [-0.2, 0) is 6.54 Å². The monoisotopic (exact) mass is 297 g/mol. The molecular weight excluding hydrogens is 278 g/mol. The second-order valence-corrected chi connectivity index (χ2v) is 6.06. The largest absolute Gasteiger partial charge is 0.423 e. The van der Waals surface area contributed by atoms with E-state index in [-0.39, 0.29) is 6.04 Å². The smallest absolute Gasteiger partial charge is 0.299 e. The van der Waals surface area contributed by atoms with Gasteiger partial charge in [-0.2, -0.15) is 4.98 Å². The number of para-hydroxylation sites is 2. The van der Waals surface area contributed by atoms with E-state index in [1.165, 1.54) is 0 Å². The van der Waals surface area contributed by atoms with E-state index in [0.29, 0.717) is 11.9 Å². The fourth-order valence-corrected chi connectivity index (χ4v) is 3.08. The SMILES string of the molecule is CC(C)c1nnc2n1CCN(c1nc3ccccc3o1)C2C. The number of benzene rings is 1. The highest BCUT2D eigenvalue weighted by Crippen LogP contribution is 2.32. The first-order chi connectivity index (χ1) is 10.6. The third-order valence-electron chi connectivity index (χ3n) is 4.26. The summed E-state index contributed by atoms with van der Waals surface area (Å²) in [6, 6.07) is 8.61. The molecule has 0 fully saturated rings. The van der Waals surface area contributed by atoms with E-state index >= 15 is 0 Å². The van der Waals surface area contributed by atoms with Gasteiger partial charge < -0.3 is 13.9 Å². The standard InChI is InChI=1S/C16H19N5O/c1-10(2)14-18-19-15-11(3)20(8-9-21(14)15)16-17-12-6-4-5-7-13(12)22-16/h4-7,10-11H,8-9H2,1-3H3. The molecule has 0 saturated carbocycles. The highest BCUT2D eigenvalue weighted by molar-refractivity contribution is 5.74. The molecule has 3 aromatic rings. The highest BCUT2D eigenvalue weighted by atomic mass is 16.4. The first-order valence-corrected chi connectivity index (χ1v) is 7.70. The minimum Gasteiger partial charge on any atom is -0.423 e. The Morgan fingerprint density at radius 2 is 2.00 bits per heavy atom. The maximum atomic E-state index is 5.90. The third-order valence-corrected chi connectivity index (χ3v) is 4.26. The van der Waals surface area contributed by atoms with Crippen LogP contribution in [0.5, 0.6) is 0 Å². The Bertz CT molecular complexity index is 786. The molecule has 1 aliphatic heterocycles. The van der Waals surface area contributed by atoms with E-state index in [1.54, 1.807) is 0 Å². The van der Waals surface area contributed by atoms with Crippen LogP contribution in [0.3, 0.4) is 0 Å². The average molecular weight is 297 g/mol. The molecule has 0 aliphatic carbocycles. The molecule has 0 radical (unpaired) electrons. The summed E-state index contributed by atoms with van der Waals surface area (Å²) in [5.74, 6) is 2.42. The van der Waals surface area contributed by atoms with E-state index in [9.17, 15) is 0 Å². The number of fused-ring (bicyclic) bond motifs is 2. The van der Waals surface area contributed by atoms with E-state index in [4.69, 9.17) is 4.42 Å². The molecule has 6 nitrogen and oxygen atoms in total. The van der Waals surface area contributed by atoms with Gasteiger partial charge in [-0.25, -0.2) is 0 Å². The lowest BCUT2D eigenvalue weighted by molar-refractivity contribution is 0.442. The van der Waals surface area contributed by atoms with Gasteiger partial charge in [-0.15, -0.1) is 10.2 Å². The van der Waals surface area contributed by atoms with Gasteiger partial charge in [-0.1, -0.05) is 26.0 Å². The minimum absolute atomic E-state index is 0.0989. The second-order valence-electron chi connectivity index (χ2n) is 6.06. The molecule has 1 atom stereocenters. The van der Waals surface area contributed by atoms with Gasteiger partial charge in [0.1, 0.15) is 11.3 Å². The average Bonchev–Trinajstić information content (AvgIpc) is 3.11. The number of hydrogen-bond acceptors (Lipinski definition) is 5. The van der Waals surface area contributed by atoms with Crippen molar-refractivity contribution in [1.29, 1.82) is 0 Å². The number of hydrogen-bond donors (Lipinski definition) is 0. The fourth-order valence-electron chi connectivity index (χ4n) is 3.08. The normalized spacial score (nSPS) is 18.2. The first-order valence-electron chi connectivity index (χ1n) is 7.70. The van der Waals surface area contributed by atoms with Gasteiger partial charge in [0.05, 0.1) is 6.04 Å². The maximum absolute atomic E-state index is 5.90.